The third-order valence-electron chi connectivity index (χ3n) is 3.43. The van der Waals surface area contributed by atoms with Gasteiger partial charge in [0.1, 0.15) is 0 Å². The number of halogens is 1. The Balaban J connectivity index is 2.40. The van der Waals surface area contributed by atoms with Gasteiger partial charge >= 0.3 is 5.97 Å². The summed E-state index contributed by atoms with van der Waals surface area (Å²) in [6.07, 6.45) is 2.70. The Hall–Kier alpha value is -1.11. The maximum atomic E-state index is 12.3. The number of aromatic carboxylic acids is 1. The second-order valence-electron chi connectivity index (χ2n) is 4.55. The van der Waals surface area contributed by atoms with Crippen molar-refractivity contribution in [3.63, 3.8) is 0 Å². The molecule has 0 saturated heterocycles. The summed E-state index contributed by atoms with van der Waals surface area (Å²) >= 11 is 5.73. The van der Waals surface area contributed by atoms with Gasteiger partial charge < -0.3 is 5.11 Å². The number of sulfonamides is 1. The van der Waals surface area contributed by atoms with Gasteiger partial charge in [0.2, 0.25) is 10.0 Å². The molecule has 1 aliphatic rings. The van der Waals surface area contributed by atoms with Gasteiger partial charge in [-0.15, -0.1) is 0 Å². The summed E-state index contributed by atoms with van der Waals surface area (Å²) in [5, 5.41) is 8.99. The predicted octanol–water partition coefficient (Wildman–Crippen LogP) is 2.21. The Bertz CT molecular complexity index is 610. The summed E-state index contributed by atoms with van der Waals surface area (Å²) in [6, 6.07) is 3.75. The van der Waals surface area contributed by atoms with Crippen LogP contribution in [0.5, 0.6) is 0 Å². The summed E-state index contributed by atoms with van der Waals surface area (Å²) in [4.78, 5) is 10.9. The van der Waals surface area contributed by atoms with Crippen molar-refractivity contribution in [2.45, 2.75) is 30.2 Å². The minimum atomic E-state index is -3.66. The predicted molar refractivity (Wildman–Crippen MR) is 71.0 cm³/mol. The van der Waals surface area contributed by atoms with Crippen LogP contribution in [-0.4, -0.2) is 36.9 Å². The molecular formula is C12H14ClNO4S. The van der Waals surface area contributed by atoms with Gasteiger partial charge in [0.15, 0.2) is 0 Å². The van der Waals surface area contributed by atoms with E-state index in [2.05, 4.69) is 0 Å². The van der Waals surface area contributed by atoms with Crippen molar-refractivity contribution in [3.8, 4) is 0 Å². The van der Waals surface area contributed by atoms with Gasteiger partial charge in [-0.1, -0.05) is 18.0 Å². The van der Waals surface area contributed by atoms with Crippen molar-refractivity contribution in [1.82, 2.24) is 4.31 Å². The molecule has 0 aromatic heterocycles. The van der Waals surface area contributed by atoms with Crippen molar-refractivity contribution in [1.29, 1.82) is 0 Å². The minimum Gasteiger partial charge on any atom is -0.478 e. The van der Waals surface area contributed by atoms with Crippen LogP contribution in [0.15, 0.2) is 23.1 Å². The number of carboxylic acid groups (broad SMARTS) is 1. The van der Waals surface area contributed by atoms with E-state index in [4.69, 9.17) is 16.7 Å². The highest BCUT2D eigenvalue weighted by Crippen LogP contribution is 2.29. The number of carbonyl (C=O) groups is 1. The van der Waals surface area contributed by atoms with Crippen molar-refractivity contribution in [2.75, 3.05) is 7.05 Å². The molecule has 0 aliphatic heterocycles. The monoisotopic (exact) mass is 303 g/mol. The van der Waals surface area contributed by atoms with Crippen molar-refractivity contribution >= 4 is 27.6 Å². The lowest BCUT2D eigenvalue weighted by Gasteiger charge is -2.33. The lowest BCUT2D eigenvalue weighted by Crippen LogP contribution is -2.41. The zero-order valence-corrected chi connectivity index (χ0v) is 11.9. The number of nitrogens with zero attached hydrogens (tertiary/aromatic N) is 1. The van der Waals surface area contributed by atoms with Gasteiger partial charge in [-0.05, 0) is 31.0 Å². The molecule has 1 aliphatic carbocycles. The maximum absolute atomic E-state index is 12.3. The van der Waals surface area contributed by atoms with E-state index in [1.165, 1.54) is 23.5 Å². The first-order valence-corrected chi connectivity index (χ1v) is 7.66. The van der Waals surface area contributed by atoms with Crippen LogP contribution >= 0.6 is 11.6 Å². The fourth-order valence-corrected chi connectivity index (χ4v) is 3.58. The first-order chi connectivity index (χ1) is 8.84. The molecule has 0 amide bonds. The van der Waals surface area contributed by atoms with Gasteiger partial charge in [0.05, 0.1) is 15.5 Å². The molecule has 0 radical (unpaired) electrons. The fourth-order valence-electron chi connectivity index (χ4n) is 1.94. The van der Waals surface area contributed by atoms with E-state index in [0.717, 1.165) is 25.3 Å². The number of carboxylic acids is 1. The highest BCUT2D eigenvalue weighted by Gasteiger charge is 2.32. The summed E-state index contributed by atoms with van der Waals surface area (Å²) in [7, 11) is -2.14. The van der Waals surface area contributed by atoms with E-state index in [-0.39, 0.29) is 21.5 Å². The molecule has 104 valence electrons. The smallest absolute Gasteiger partial charge is 0.337 e. The third-order valence-corrected chi connectivity index (χ3v) is 5.67. The van der Waals surface area contributed by atoms with Crippen LogP contribution in [-0.2, 0) is 10.0 Å². The zero-order chi connectivity index (χ0) is 14.2. The topological polar surface area (TPSA) is 74.7 Å². The quantitative estimate of drug-likeness (QED) is 0.925. The summed E-state index contributed by atoms with van der Waals surface area (Å²) in [6.45, 7) is 0. The van der Waals surface area contributed by atoms with Gasteiger partial charge in [-0.25, -0.2) is 13.2 Å². The highest BCUT2D eigenvalue weighted by molar-refractivity contribution is 7.89. The molecule has 1 fully saturated rings. The van der Waals surface area contributed by atoms with Gasteiger partial charge in [-0.3, -0.25) is 0 Å². The Kier molecular flexibility index (Phi) is 3.85. The van der Waals surface area contributed by atoms with Crippen LogP contribution in [0.1, 0.15) is 29.6 Å². The molecule has 7 heteroatoms. The third kappa shape index (κ3) is 2.61. The Morgan fingerprint density at radius 3 is 2.53 bits per heavy atom. The number of hydrogen-bond acceptors (Lipinski definition) is 3. The number of hydrogen-bond donors (Lipinski definition) is 1. The number of benzene rings is 1. The fraction of sp³-hybridized carbons (Fsp3) is 0.417. The highest BCUT2D eigenvalue weighted by atomic mass is 35.5. The standard InChI is InChI=1S/C12H14ClNO4S/c1-14(8-3-2-4-8)19(17,18)9-5-6-11(13)10(7-9)12(15)16/h5-8H,2-4H2,1H3,(H,15,16). The lowest BCUT2D eigenvalue weighted by molar-refractivity contribution is 0.0697. The average molecular weight is 304 g/mol. The molecule has 0 bridgehead atoms. The lowest BCUT2D eigenvalue weighted by atomic mass is 9.94. The molecule has 0 spiro atoms. The summed E-state index contributed by atoms with van der Waals surface area (Å²) < 4.78 is 26.0. The second kappa shape index (κ2) is 5.11. The van der Waals surface area contributed by atoms with Crippen molar-refractivity contribution in [3.05, 3.63) is 28.8 Å². The van der Waals surface area contributed by atoms with E-state index in [0.29, 0.717) is 0 Å². The summed E-state index contributed by atoms with van der Waals surface area (Å²) in [5.41, 5.74) is -0.204. The van der Waals surface area contributed by atoms with Crippen molar-refractivity contribution in [2.24, 2.45) is 0 Å². The Labute approximate surface area is 116 Å². The second-order valence-corrected chi connectivity index (χ2v) is 6.96. The molecule has 0 atom stereocenters. The molecule has 0 unspecified atom stereocenters. The van der Waals surface area contributed by atoms with E-state index in [9.17, 15) is 13.2 Å². The molecule has 1 N–H and O–H groups in total. The summed E-state index contributed by atoms with van der Waals surface area (Å²) in [5.74, 6) is -1.24. The van der Waals surface area contributed by atoms with Crippen LogP contribution < -0.4 is 0 Å². The minimum absolute atomic E-state index is 0.00829. The van der Waals surface area contributed by atoms with Crippen LogP contribution in [0, 0.1) is 0 Å². The van der Waals surface area contributed by atoms with Gasteiger partial charge in [0.25, 0.3) is 0 Å². The van der Waals surface area contributed by atoms with Crippen LogP contribution in [0.4, 0.5) is 0 Å². The molecule has 1 saturated carbocycles. The van der Waals surface area contributed by atoms with E-state index in [1.54, 1.807) is 0 Å². The molecule has 19 heavy (non-hydrogen) atoms. The van der Waals surface area contributed by atoms with Crippen LogP contribution in [0.25, 0.3) is 0 Å². The molecular weight excluding hydrogens is 290 g/mol. The maximum Gasteiger partial charge on any atom is 0.337 e. The van der Waals surface area contributed by atoms with E-state index >= 15 is 0 Å². The van der Waals surface area contributed by atoms with E-state index in [1.807, 2.05) is 0 Å². The molecule has 1 aromatic carbocycles. The molecule has 2 rings (SSSR count). The van der Waals surface area contributed by atoms with Gasteiger partial charge in [-0.2, -0.15) is 4.31 Å². The SMILES string of the molecule is CN(C1CCC1)S(=O)(=O)c1ccc(Cl)c(C(=O)O)c1. The molecule has 1 aromatic rings. The van der Waals surface area contributed by atoms with Crippen molar-refractivity contribution < 1.29 is 18.3 Å². The first-order valence-electron chi connectivity index (χ1n) is 5.85. The van der Waals surface area contributed by atoms with Crippen LogP contribution in [0.2, 0.25) is 5.02 Å². The Morgan fingerprint density at radius 2 is 2.05 bits per heavy atom. The molecule has 5 nitrogen and oxygen atoms in total. The molecule has 0 heterocycles. The largest absolute Gasteiger partial charge is 0.478 e. The first kappa shape index (κ1) is 14.3. The average Bonchev–Trinajstić information content (AvgIpc) is 2.26. The Morgan fingerprint density at radius 1 is 1.42 bits per heavy atom. The van der Waals surface area contributed by atoms with Crippen LogP contribution in [0.3, 0.4) is 0 Å². The zero-order valence-electron chi connectivity index (χ0n) is 10.3. The number of rotatable bonds is 4. The normalized spacial score (nSPS) is 16.4. The van der Waals surface area contributed by atoms with E-state index < -0.39 is 16.0 Å². The van der Waals surface area contributed by atoms with Gasteiger partial charge in [0, 0.05) is 13.1 Å².